The molecule has 0 fully saturated rings. The summed E-state index contributed by atoms with van der Waals surface area (Å²) in [6.45, 7) is -0.763. The molecule has 1 N–H and O–H groups in total. The molecule has 0 aromatic heterocycles. The molecular weight excluding hydrogens is 371 g/mol. The summed E-state index contributed by atoms with van der Waals surface area (Å²) >= 11 is 0. The first-order chi connectivity index (χ1) is 12.1. The molecule has 0 aliphatic carbocycles. The molecule has 0 aliphatic rings. The molecule has 140 valence electrons. The number of anilines is 2. The van der Waals surface area contributed by atoms with Crippen LogP contribution >= 0.6 is 0 Å². The van der Waals surface area contributed by atoms with Gasteiger partial charge >= 0.3 is 10.2 Å². The molecule has 2 aromatic carbocycles. The average molecular weight is 387 g/mol. The number of rotatable bonds is 6. The lowest BCUT2D eigenvalue weighted by molar-refractivity contribution is -0.114. The lowest BCUT2D eigenvalue weighted by Gasteiger charge is -2.27. The minimum atomic E-state index is -4.19. The quantitative estimate of drug-likeness (QED) is 0.827. The van der Waals surface area contributed by atoms with Gasteiger partial charge in [0.15, 0.2) is 11.6 Å². The molecule has 0 unspecified atom stereocenters. The summed E-state index contributed by atoms with van der Waals surface area (Å²) in [5.41, 5.74) is -0.383. The van der Waals surface area contributed by atoms with E-state index < -0.39 is 40.1 Å². The third kappa shape index (κ3) is 4.33. The Morgan fingerprint density at radius 2 is 1.65 bits per heavy atom. The van der Waals surface area contributed by atoms with Gasteiger partial charge in [0.2, 0.25) is 5.91 Å². The van der Waals surface area contributed by atoms with E-state index in [1.54, 1.807) is 0 Å². The van der Waals surface area contributed by atoms with Crippen LogP contribution in [-0.2, 0) is 15.0 Å². The Kier molecular flexibility index (Phi) is 5.88. The Labute approximate surface area is 149 Å². The number of nitrogens with zero attached hydrogens (tertiary/aromatic N) is 2. The highest BCUT2D eigenvalue weighted by Crippen LogP contribution is 2.23. The highest BCUT2D eigenvalue weighted by Gasteiger charge is 2.29. The summed E-state index contributed by atoms with van der Waals surface area (Å²) in [5, 5.41) is 2.25. The van der Waals surface area contributed by atoms with Gasteiger partial charge in [-0.05, 0) is 24.3 Å². The van der Waals surface area contributed by atoms with Gasteiger partial charge in [-0.25, -0.2) is 17.5 Å². The molecule has 1 amide bonds. The van der Waals surface area contributed by atoms with Crippen molar-refractivity contribution in [3.05, 3.63) is 59.9 Å². The van der Waals surface area contributed by atoms with Crippen molar-refractivity contribution in [2.75, 3.05) is 30.3 Å². The van der Waals surface area contributed by atoms with Gasteiger partial charge in [0.25, 0.3) is 0 Å². The van der Waals surface area contributed by atoms with Gasteiger partial charge in [0.05, 0.1) is 5.69 Å². The van der Waals surface area contributed by atoms with Gasteiger partial charge in [0.1, 0.15) is 12.4 Å². The van der Waals surface area contributed by atoms with E-state index in [1.807, 2.05) is 0 Å². The fourth-order valence-electron chi connectivity index (χ4n) is 2.05. The Morgan fingerprint density at radius 3 is 2.23 bits per heavy atom. The Morgan fingerprint density at radius 1 is 1.00 bits per heavy atom. The first-order valence-electron chi connectivity index (χ1n) is 7.32. The first-order valence-corrected chi connectivity index (χ1v) is 8.72. The smallest absolute Gasteiger partial charge is 0.304 e. The summed E-state index contributed by atoms with van der Waals surface area (Å²) in [4.78, 5) is 12.2. The second-order valence-corrected chi connectivity index (χ2v) is 7.49. The molecule has 0 heterocycles. The number of nitrogens with one attached hydrogen (secondary N) is 1. The van der Waals surface area contributed by atoms with Crippen LogP contribution in [0.2, 0.25) is 0 Å². The topological polar surface area (TPSA) is 69.7 Å². The van der Waals surface area contributed by atoms with Crippen molar-refractivity contribution in [3.8, 4) is 0 Å². The zero-order valence-corrected chi connectivity index (χ0v) is 14.7. The average Bonchev–Trinajstić information content (AvgIpc) is 2.56. The maximum atomic E-state index is 14.1. The zero-order valence-electron chi connectivity index (χ0n) is 13.9. The molecule has 0 radical (unpaired) electrons. The predicted octanol–water partition coefficient (Wildman–Crippen LogP) is 2.36. The first kappa shape index (κ1) is 19.7. The van der Waals surface area contributed by atoms with Crippen LogP contribution in [0.15, 0.2) is 42.5 Å². The van der Waals surface area contributed by atoms with E-state index in [4.69, 9.17) is 0 Å². The maximum Gasteiger partial charge on any atom is 0.304 e. The van der Waals surface area contributed by atoms with Crippen LogP contribution in [0.3, 0.4) is 0 Å². The Bertz CT molecular complexity index is 920. The molecule has 0 spiro atoms. The molecule has 0 saturated carbocycles. The van der Waals surface area contributed by atoms with Crippen LogP contribution in [0.1, 0.15) is 0 Å². The fourth-order valence-corrected chi connectivity index (χ4v) is 3.12. The molecular formula is C16H16F3N3O3S. The molecule has 2 rings (SSSR count). The van der Waals surface area contributed by atoms with E-state index in [2.05, 4.69) is 5.32 Å². The van der Waals surface area contributed by atoms with E-state index in [0.717, 1.165) is 28.6 Å². The highest BCUT2D eigenvalue weighted by molar-refractivity contribution is 7.90. The van der Waals surface area contributed by atoms with Gasteiger partial charge in [-0.1, -0.05) is 12.1 Å². The van der Waals surface area contributed by atoms with Crippen molar-refractivity contribution < 1.29 is 26.4 Å². The number of carbonyl (C=O) groups is 1. The predicted molar refractivity (Wildman–Crippen MR) is 91.3 cm³/mol. The second kappa shape index (κ2) is 7.75. The van der Waals surface area contributed by atoms with Crippen molar-refractivity contribution >= 4 is 27.5 Å². The van der Waals surface area contributed by atoms with Crippen LogP contribution in [0.4, 0.5) is 24.5 Å². The van der Waals surface area contributed by atoms with Gasteiger partial charge < -0.3 is 5.32 Å². The van der Waals surface area contributed by atoms with Gasteiger partial charge in [-0.2, -0.15) is 12.7 Å². The van der Waals surface area contributed by atoms with Crippen molar-refractivity contribution in [1.29, 1.82) is 0 Å². The SMILES string of the molecule is CN(C)S(=O)(=O)N(CC(=O)Nc1ccc(F)c(F)c1)c1ccccc1F. The van der Waals surface area contributed by atoms with E-state index in [-0.39, 0.29) is 11.4 Å². The number of amides is 1. The molecule has 0 bridgehead atoms. The Balaban J connectivity index is 2.31. The normalized spacial score (nSPS) is 11.5. The third-order valence-corrected chi connectivity index (χ3v) is 5.16. The maximum absolute atomic E-state index is 14.1. The molecule has 10 heteroatoms. The minimum absolute atomic E-state index is 0.0652. The number of hydrogen-bond acceptors (Lipinski definition) is 3. The van der Waals surface area contributed by atoms with Crippen molar-refractivity contribution in [2.45, 2.75) is 0 Å². The second-order valence-electron chi connectivity index (χ2n) is 5.43. The zero-order chi connectivity index (χ0) is 19.5. The molecule has 6 nitrogen and oxygen atoms in total. The monoisotopic (exact) mass is 387 g/mol. The van der Waals surface area contributed by atoms with Gasteiger partial charge in [-0.3, -0.25) is 4.79 Å². The molecule has 0 atom stereocenters. The summed E-state index contributed by atoms with van der Waals surface area (Å²) in [6, 6.07) is 7.74. The third-order valence-electron chi connectivity index (χ3n) is 3.35. The van der Waals surface area contributed by atoms with Crippen LogP contribution in [0, 0.1) is 17.5 Å². The van der Waals surface area contributed by atoms with E-state index >= 15 is 0 Å². The Hall–Kier alpha value is -2.59. The largest absolute Gasteiger partial charge is 0.324 e. The molecule has 0 saturated heterocycles. The summed E-state index contributed by atoms with van der Waals surface area (Å²) < 4.78 is 66.5. The van der Waals surface area contributed by atoms with Gasteiger partial charge in [-0.15, -0.1) is 0 Å². The summed E-state index contributed by atoms with van der Waals surface area (Å²) in [5.74, 6) is -3.95. The molecule has 2 aromatic rings. The van der Waals surface area contributed by atoms with Crippen molar-refractivity contribution in [3.63, 3.8) is 0 Å². The van der Waals surface area contributed by atoms with Crippen LogP contribution in [-0.4, -0.2) is 39.3 Å². The van der Waals surface area contributed by atoms with Crippen molar-refractivity contribution in [2.24, 2.45) is 0 Å². The summed E-state index contributed by atoms with van der Waals surface area (Å²) in [7, 11) is -1.72. The fraction of sp³-hybridized carbons (Fsp3) is 0.188. The van der Waals surface area contributed by atoms with Crippen molar-refractivity contribution in [1.82, 2.24) is 4.31 Å². The van der Waals surface area contributed by atoms with Crippen LogP contribution < -0.4 is 9.62 Å². The van der Waals surface area contributed by atoms with E-state index in [9.17, 15) is 26.4 Å². The molecule has 26 heavy (non-hydrogen) atoms. The number of halogens is 3. The lowest BCUT2D eigenvalue weighted by Crippen LogP contribution is -2.44. The van der Waals surface area contributed by atoms with E-state index in [1.165, 1.54) is 32.3 Å². The number of hydrogen-bond donors (Lipinski definition) is 1. The lowest BCUT2D eigenvalue weighted by atomic mass is 10.3. The van der Waals surface area contributed by atoms with Crippen LogP contribution in [0.5, 0.6) is 0 Å². The van der Waals surface area contributed by atoms with Gasteiger partial charge in [0, 0.05) is 25.8 Å². The standard InChI is InChI=1S/C16H16F3N3O3S/c1-21(2)26(24,25)22(15-6-4-3-5-13(15)18)10-16(23)20-11-7-8-12(17)14(19)9-11/h3-9H,10H2,1-2H3,(H,20,23). The number of carbonyl (C=O) groups excluding carboxylic acids is 1. The van der Waals surface area contributed by atoms with E-state index in [0.29, 0.717) is 4.31 Å². The number of benzene rings is 2. The summed E-state index contributed by atoms with van der Waals surface area (Å²) in [6.07, 6.45) is 0. The van der Waals surface area contributed by atoms with Crippen LogP contribution in [0.25, 0.3) is 0 Å². The molecule has 0 aliphatic heterocycles. The minimum Gasteiger partial charge on any atom is -0.324 e. The highest BCUT2D eigenvalue weighted by atomic mass is 32.2. The number of para-hydroxylation sites is 1.